The molecule has 0 spiro atoms. The number of nitrogens with two attached hydrogens (primary N) is 1. The summed E-state index contributed by atoms with van der Waals surface area (Å²) in [6.07, 6.45) is 2.39. The number of hydrogen-bond acceptors (Lipinski definition) is 5. The van der Waals surface area contributed by atoms with E-state index in [-0.39, 0.29) is 18.6 Å². The second-order valence-electron chi connectivity index (χ2n) is 7.24. The molecule has 1 unspecified atom stereocenters. The number of nitrogens with one attached hydrogen (secondary N) is 1. The Balaban J connectivity index is 1.59. The number of piperidine rings is 1. The predicted molar refractivity (Wildman–Crippen MR) is 110 cm³/mol. The lowest BCUT2D eigenvalue weighted by molar-refractivity contribution is -0.119. The van der Waals surface area contributed by atoms with E-state index in [2.05, 4.69) is 34.7 Å². The van der Waals surface area contributed by atoms with Crippen LogP contribution in [-0.4, -0.2) is 43.0 Å². The number of nitrogens with zero attached hydrogens (tertiary/aromatic N) is 1. The first-order valence-corrected chi connectivity index (χ1v) is 10.5. The average Bonchev–Trinajstić information content (AvgIpc) is 3.22. The Morgan fingerprint density at radius 3 is 2.57 bits per heavy atom. The van der Waals surface area contributed by atoms with E-state index >= 15 is 0 Å². The van der Waals surface area contributed by atoms with Crippen LogP contribution in [0, 0.1) is 5.92 Å². The summed E-state index contributed by atoms with van der Waals surface area (Å²) in [5, 5.41) is 5.16. The summed E-state index contributed by atoms with van der Waals surface area (Å²) in [6.45, 7) is 4.82. The molecule has 1 aromatic carbocycles. The van der Waals surface area contributed by atoms with Gasteiger partial charge in [-0.3, -0.25) is 14.5 Å². The van der Waals surface area contributed by atoms with Gasteiger partial charge in [-0.15, -0.1) is 11.3 Å². The van der Waals surface area contributed by atoms with Crippen molar-refractivity contribution in [3.63, 3.8) is 0 Å². The number of amides is 2. The number of rotatable bonds is 8. The third-order valence-corrected chi connectivity index (χ3v) is 6.06. The van der Waals surface area contributed by atoms with Crippen LogP contribution >= 0.6 is 11.3 Å². The Bertz CT molecular complexity index is 769. The van der Waals surface area contributed by atoms with Crippen LogP contribution in [0.15, 0.2) is 41.8 Å². The van der Waals surface area contributed by atoms with E-state index in [0.717, 1.165) is 19.0 Å². The van der Waals surface area contributed by atoms with Gasteiger partial charge >= 0.3 is 0 Å². The summed E-state index contributed by atoms with van der Waals surface area (Å²) >= 11 is 1.74. The Hall–Kier alpha value is -2.38. The van der Waals surface area contributed by atoms with Crippen molar-refractivity contribution < 1.29 is 14.3 Å². The highest BCUT2D eigenvalue weighted by atomic mass is 32.1. The molecule has 1 saturated heterocycles. The number of carbonyl (C=O) groups is 2. The van der Waals surface area contributed by atoms with Crippen LogP contribution < -0.4 is 15.8 Å². The van der Waals surface area contributed by atoms with E-state index < -0.39 is 5.91 Å². The molecule has 0 radical (unpaired) electrons. The van der Waals surface area contributed by atoms with Gasteiger partial charge in [0.15, 0.2) is 6.61 Å². The van der Waals surface area contributed by atoms with Crippen LogP contribution in [0.5, 0.6) is 5.75 Å². The monoisotopic (exact) mass is 401 g/mol. The quantitative estimate of drug-likeness (QED) is 0.712. The number of thiophene rings is 1. The maximum absolute atomic E-state index is 12.6. The Labute approximate surface area is 169 Å². The van der Waals surface area contributed by atoms with Gasteiger partial charge in [-0.05, 0) is 67.6 Å². The molecule has 1 fully saturated rings. The van der Waals surface area contributed by atoms with Crippen molar-refractivity contribution in [2.75, 3.05) is 26.2 Å². The fourth-order valence-corrected chi connectivity index (χ4v) is 4.24. The van der Waals surface area contributed by atoms with Crippen molar-refractivity contribution in [2.45, 2.75) is 25.8 Å². The molecule has 1 atom stereocenters. The van der Waals surface area contributed by atoms with Crippen molar-refractivity contribution in [1.29, 1.82) is 0 Å². The minimum atomic E-state index is -0.534. The highest BCUT2D eigenvalue weighted by Gasteiger charge is 2.25. The average molecular weight is 402 g/mol. The summed E-state index contributed by atoms with van der Waals surface area (Å²) in [5.74, 6) is 0.626. The van der Waals surface area contributed by atoms with E-state index in [4.69, 9.17) is 10.5 Å². The van der Waals surface area contributed by atoms with Crippen LogP contribution in [0.1, 0.15) is 41.0 Å². The van der Waals surface area contributed by atoms with Crippen LogP contribution in [-0.2, 0) is 4.79 Å². The highest BCUT2D eigenvalue weighted by Crippen LogP contribution is 2.29. The van der Waals surface area contributed by atoms with Crippen molar-refractivity contribution in [3.8, 4) is 5.75 Å². The van der Waals surface area contributed by atoms with Crippen molar-refractivity contribution in [3.05, 3.63) is 52.2 Å². The highest BCUT2D eigenvalue weighted by molar-refractivity contribution is 7.10. The van der Waals surface area contributed by atoms with Crippen LogP contribution in [0.3, 0.4) is 0 Å². The molecule has 0 aliphatic carbocycles. The lowest BCUT2D eigenvalue weighted by atomic mass is 9.97. The van der Waals surface area contributed by atoms with E-state index in [0.29, 0.717) is 17.9 Å². The molecule has 7 heteroatoms. The molecule has 2 amide bonds. The number of hydrogen-bond donors (Lipinski definition) is 2. The van der Waals surface area contributed by atoms with E-state index in [1.807, 2.05) is 0 Å². The normalized spacial score (nSPS) is 16.5. The molecular weight excluding hydrogens is 374 g/mol. The van der Waals surface area contributed by atoms with Gasteiger partial charge in [0.2, 0.25) is 0 Å². The van der Waals surface area contributed by atoms with Gasteiger partial charge in [0.25, 0.3) is 11.8 Å². The summed E-state index contributed by atoms with van der Waals surface area (Å²) in [6, 6.07) is 11.1. The van der Waals surface area contributed by atoms with E-state index in [1.165, 1.54) is 17.7 Å². The number of ether oxygens (including phenoxy) is 1. The molecule has 150 valence electrons. The molecule has 2 aromatic rings. The van der Waals surface area contributed by atoms with Crippen LogP contribution in [0.25, 0.3) is 0 Å². The second kappa shape index (κ2) is 9.71. The Morgan fingerprint density at radius 1 is 1.25 bits per heavy atom. The largest absolute Gasteiger partial charge is 0.484 e. The zero-order valence-corrected chi connectivity index (χ0v) is 16.9. The first-order chi connectivity index (χ1) is 13.5. The lowest BCUT2D eigenvalue weighted by Gasteiger charge is -2.36. The zero-order chi connectivity index (χ0) is 19.9. The molecule has 1 aliphatic heterocycles. The number of primary amides is 1. The van der Waals surface area contributed by atoms with Gasteiger partial charge in [0.1, 0.15) is 5.75 Å². The molecule has 3 N–H and O–H groups in total. The predicted octanol–water partition coefficient (Wildman–Crippen LogP) is 2.82. The standard InChI is InChI=1S/C21H27N3O3S/c1-15-8-10-24(11-9-15)18(19-3-2-12-28-19)13-23-21(26)16-4-6-17(7-5-16)27-14-20(22)25/h2-7,12,15,18H,8-11,13-14H2,1H3,(H2,22,25)(H,23,26). The number of carbonyl (C=O) groups excluding carboxylic acids is 2. The van der Waals surface area contributed by atoms with Gasteiger partial charge in [-0.25, -0.2) is 0 Å². The van der Waals surface area contributed by atoms with Gasteiger partial charge in [-0.1, -0.05) is 13.0 Å². The molecule has 3 rings (SSSR count). The fourth-order valence-electron chi connectivity index (χ4n) is 3.38. The van der Waals surface area contributed by atoms with Gasteiger partial charge in [0, 0.05) is 17.0 Å². The molecular formula is C21H27N3O3S. The van der Waals surface area contributed by atoms with Crippen LogP contribution in [0.2, 0.25) is 0 Å². The van der Waals surface area contributed by atoms with E-state index in [1.54, 1.807) is 35.6 Å². The maximum Gasteiger partial charge on any atom is 0.255 e. The molecule has 0 saturated carbocycles. The van der Waals surface area contributed by atoms with Crippen molar-refractivity contribution in [1.82, 2.24) is 10.2 Å². The smallest absolute Gasteiger partial charge is 0.255 e. The SMILES string of the molecule is CC1CCN(C(CNC(=O)c2ccc(OCC(N)=O)cc2)c2cccs2)CC1. The first kappa shape index (κ1) is 20.4. The molecule has 1 aliphatic rings. The number of benzene rings is 1. The van der Waals surface area contributed by atoms with Crippen molar-refractivity contribution >= 4 is 23.2 Å². The number of likely N-dealkylation sites (tertiary alicyclic amines) is 1. The summed E-state index contributed by atoms with van der Waals surface area (Å²) in [5.41, 5.74) is 5.62. The topological polar surface area (TPSA) is 84.7 Å². The van der Waals surface area contributed by atoms with Gasteiger partial charge < -0.3 is 15.8 Å². The van der Waals surface area contributed by atoms with Gasteiger partial charge in [0.05, 0.1) is 6.04 Å². The molecule has 1 aromatic heterocycles. The van der Waals surface area contributed by atoms with Crippen molar-refractivity contribution in [2.24, 2.45) is 11.7 Å². The fraction of sp³-hybridized carbons (Fsp3) is 0.429. The minimum Gasteiger partial charge on any atom is -0.484 e. The minimum absolute atomic E-state index is 0.117. The van der Waals surface area contributed by atoms with E-state index in [9.17, 15) is 9.59 Å². The second-order valence-corrected chi connectivity index (χ2v) is 8.22. The molecule has 0 bridgehead atoms. The van der Waals surface area contributed by atoms with Gasteiger partial charge in [-0.2, -0.15) is 0 Å². The Morgan fingerprint density at radius 2 is 1.96 bits per heavy atom. The third-order valence-electron chi connectivity index (χ3n) is 5.08. The molecule has 2 heterocycles. The molecule has 6 nitrogen and oxygen atoms in total. The summed E-state index contributed by atoms with van der Waals surface area (Å²) in [4.78, 5) is 27.1. The lowest BCUT2D eigenvalue weighted by Crippen LogP contribution is -2.41. The molecule has 28 heavy (non-hydrogen) atoms. The first-order valence-electron chi connectivity index (χ1n) is 9.59. The van der Waals surface area contributed by atoms with Crippen LogP contribution in [0.4, 0.5) is 0 Å². The third kappa shape index (κ3) is 5.56. The maximum atomic E-state index is 12.6. The summed E-state index contributed by atoms with van der Waals surface area (Å²) < 4.78 is 5.23. The zero-order valence-electron chi connectivity index (χ0n) is 16.1. The summed E-state index contributed by atoms with van der Waals surface area (Å²) in [7, 11) is 0. The Kier molecular flexibility index (Phi) is 7.06.